The fourth-order valence-electron chi connectivity index (χ4n) is 1.19. The third-order valence-corrected chi connectivity index (χ3v) is 2.14. The van der Waals surface area contributed by atoms with Gasteiger partial charge in [0.1, 0.15) is 6.04 Å². The number of primary amides is 1. The summed E-state index contributed by atoms with van der Waals surface area (Å²) in [6.07, 6.45) is 0.146. The van der Waals surface area contributed by atoms with Gasteiger partial charge in [-0.15, -0.1) is 0 Å². The van der Waals surface area contributed by atoms with Gasteiger partial charge >= 0.3 is 12.0 Å². The summed E-state index contributed by atoms with van der Waals surface area (Å²) < 4.78 is 4.84. The minimum absolute atomic E-state index is 0.173. The lowest BCUT2D eigenvalue weighted by Crippen LogP contribution is -2.49. The molecule has 8 nitrogen and oxygen atoms in total. The maximum atomic E-state index is 11.4. The van der Waals surface area contributed by atoms with Crippen LogP contribution in [0.1, 0.15) is 19.8 Å². The van der Waals surface area contributed by atoms with Crippen molar-refractivity contribution in [2.45, 2.75) is 31.8 Å². The average Bonchev–Trinajstić information content (AvgIpc) is 2.24. The SMILES string of the molecule is COCCC(C)NC(=O)NC(CC(N)=O)C(=O)O. The topological polar surface area (TPSA) is 131 Å². The molecule has 0 aromatic rings. The summed E-state index contributed by atoms with van der Waals surface area (Å²) in [5.74, 6) is -2.11. The van der Waals surface area contributed by atoms with E-state index < -0.39 is 30.4 Å². The number of nitrogens with two attached hydrogens (primary N) is 1. The molecule has 0 aromatic heterocycles. The van der Waals surface area contributed by atoms with Gasteiger partial charge in [-0.3, -0.25) is 4.79 Å². The van der Waals surface area contributed by atoms with E-state index >= 15 is 0 Å². The number of hydrogen-bond acceptors (Lipinski definition) is 4. The van der Waals surface area contributed by atoms with Crippen molar-refractivity contribution in [2.75, 3.05) is 13.7 Å². The van der Waals surface area contributed by atoms with Gasteiger partial charge in [-0.1, -0.05) is 0 Å². The Kier molecular flexibility index (Phi) is 7.45. The van der Waals surface area contributed by atoms with Crippen molar-refractivity contribution in [3.8, 4) is 0 Å². The first kappa shape index (κ1) is 16.2. The third kappa shape index (κ3) is 7.44. The Bertz CT molecular complexity index is 308. The van der Waals surface area contributed by atoms with Gasteiger partial charge in [0.2, 0.25) is 5.91 Å². The van der Waals surface area contributed by atoms with Crippen LogP contribution in [-0.4, -0.2) is 48.8 Å². The van der Waals surface area contributed by atoms with Crippen molar-refractivity contribution in [2.24, 2.45) is 5.73 Å². The van der Waals surface area contributed by atoms with Crippen molar-refractivity contribution in [3.05, 3.63) is 0 Å². The Balaban J connectivity index is 4.17. The number of rotatable bonds is 8. The number of carbonyl (C=O) groups is 3. The molecule has 0 aliphatic heterocycles. The van der Waals surface area contributed by atoms with E-state index in [-0.39, 0.29) is 6.04 Å². The van der Waals surface area contributed by atoms with Crippen LogP contribution in [-0.2, 0) is 14.3 Å². The smallest absolute Gasteiger partial charge is 0.326 e. The molecule has 0 aromatic carbocycles. The normalized spacial score (nSPS) is 13.4. The lowest BCUT2D eigenvalue weighted by Gasteiger charge is -2.17. The monoisotopic (exact) mass is 261 g/mol. The number of ether oxygens (including phenoxy) is 1. The van der Waals surface area contributed by atoms with E-state index in [4.69, 9.17) is 15.6 Å². The van der Waals surface area contributed by atoms with Crippen molar-refractivity contribution < 1.29 is 24.2 Å². The zero-order chi connectivity index (χ0) is 14.1. The van der Waals surface area contributed by atoms with Crippen LogP contribution in [0, 0.1) is 0 Å². The Morgan fingerprint density at radius 2 is 1.94 bits per heavy atom. The van der Waals surface area contributed by atoms with Crippen LogP contribution < -0.4 is 16.4 Å². The highest BCUT2D eigenvalue weighted by Crippen LogP contribution is 1.94. The molecule has 0 heterocycles. The average molecular weight is 261 g/mol. The number of urea groups is 1. The minimum atomic E-state index is -1.32. The Labute approximate surface area is 105 Å². The van der Waals surface area contributed by atoms with Crippen molar-refractivity contribution >= 4 is 17.9 Å². The molecule has 0 saturated carbocycles. The predicted molar refractivity (Wildman–Crippen MR) is 62.9 cm³/mol. The molecule has 0 saturated heterocycles. The fourth-order valence-corrected chi connectivity index (χ4v) is 1.19. The van der Waals surface area contributed by atoms with E-state index in [0.29, 0.717) is 13.0 Å². The van der Waals surface area contributed by atoms with Gasteiger partial charge in [-0.25, -0.2) is 9.59 Å². The van der Waals surface area contributed by atoms with E-state index in [1.54, 1.807) is 14.0 Å². The van der Waals surface area contributed by atoms with Crippen LogP contribution >= 0.6 is 0 Å². The van der Waals surface area contributed by atoms with Crippen molar-refractivity contribution in [1.82, 2.24) is 10.6 Å². The molecule has 3 amide bonds. The number of carboxylic acids is 1. The molecule has 2 unspecified atom stereocenters. The summed E-state index contributed by atoms with van der Waals surface area (Å²) in [7, 11) is 1.54. The highest BCUT2D eigenvalue weighted by molar-refractivity contribution is 5.87. The summed E-state index contributed by atoms with van der Waals surface area (Å²) in [4.78, 5) is 32.8. The molecule has 5 N–H and O–H groups in total. The third-order valence-electron chi connectivity index (χ3n) is 2.14. The van der Waals surface area contributed by atoms with Crippen LogP contribution in [0.5, 0.6) is 0 Å². The summed E-state index contributed by atoms with van der Waals surface area (Å²) in [6, 6.07) is -2.16. The second-order valence-electron chi connectivity index (χ2n) is 3.86. The van der Waals surface area contributed by atoms with E-state index in [2.05, 4.69) is 10.6 Å². The maximum Gasteiger partial charge on any atom is 0.326 e. The molecule has 0 bridgehead atoms. The molecular formula is C10H19N3O5. The molecule has 0 spiro atoms. The molecule has 0 rings (SSSR count). The van der Waals surface area contributed by atoms with Gasteiger partial charge in [-0.05, 0) is 13.3 Å². The fraction of sp³-hybridized carbons (Fsp3) is 0.700. The van der Waals surface area contributed by atoms with Crippen molar-refractivity contribution in [3.63, 3.8) is 0 Å². The number of carbonyl (C=O) groups excluding carboxylic acids is 2. The first-order chi connectivity index (χ1) is 8.36. The lowest BCUT2D eigenvalue weighted by atomic mass is 10.2. The number of nitrogens with one attached hydrogen (secondary N) is 2. The molecular weight excluding hydrogens is 242 g/mol. The summed E-state index contributed by atoms with van der Waals surface area (Å²) in [5.41, 5.74) is 4.88. The quantitative estimate of drug-likeness (QED) is 0.447. The van der Waals surface area contributed by atoms with Gasteiger partial charge < -0.3 is 26.2 Å². The number of carboxylic acid groups (broad SMARTS) is 1. The standard InChI is InChI=1S/C10H19N3O5/c1-6(3-4-18-2)12-10(17)13-7(9(15)16)5-8(11)14/h6-7H,3-5H2,1-2H3,(H2,11,14)(H,15,16)(H2,12,13,17). The molecule has 2 atom stereocenters. The number of hydrogen-bond donors (Lipinski definition) is 4. The molecule has 8 heteroatoms. The molecule has 0 aliphatic carbocycles. The molecule has 0 aliphatic rings. The summed E-state index contributed by atoms with van der Waals surface area (Å²) in [5, 5.41) is 13.5. The largest absolute Gasteiger partial charge is 0.480 e. The molecule has 0 radical (unpaired) electrons. The molecule has 18 heavy (non-hydrogen) atoms. The van der Waals surface area contributed by atoms with Gasteiger partial charge in [0.25, 0.3) is 0 Å². The van der Waals surface area contributed by atoms with Gasteiger partial charge in [-0.2, -0.15) is 0 Å². The van der Waals surface area contributed by atoms with E-state index in [9.17, 15) is 14.4 Å². The van der Waals surface area contributed by atoms with Gasteiger partial charge in [0.05, 0.1) is 6.42 Å². The molecule has 104 valence electrons. The highest BCUT2D eigenvalue weighted by Gasteiger charge is 2.22. The van der Waals surface area contributed by atoms with Crippen LogP contribution in [0.3, 0.4) is 0 Å². The lowest BCUT2D eigenvalue weighted by molar-refractivity contribution is -0.140. The van der Waals surface area contributed by atoms with E-state index in [0.717, 1.165) is 0 Å². The van der Waals surface area contributed by atoms with E-state index in [1.165, 1.54) is 0 Å². The van der Waals surface area contributed by atoms with Crippen LogP contribution in [0.2, 0.25) is 0 Å². The zero-order valence-corrected chi connectivity index (χ0v) is 10.4. The molecule has 0 fully saturated rings. The number of amides is 3. The zero-order valence-electron chi connectivity index (χ0n) is 10.4. The number of methoxy groups -OCH3 is 1. The van der Waals surface area contributed by atoms with Crippen LogP contribution in [0.25, 0.3) is 0 Å². The minimum Gasteiger partial charge on any atom is -0.480 e. The van der Waals surface area contributed by atoms with Crippen LogP contribution in [0.15, 0.2) is 0 Å². The van der Waals surface area contributed by atoms with Crippen LogP contribution in [0.4, 0.5) is 4.79 Å². The summed E-state index contributed by atoms with van der Waals surface area (Å²) in [6.45, 7) is 2.23. The predicted octanol–water partition coefficient (Wildman–Crippen LogP) is -0.961. The van der Waals surface area contributed by atoms with Gasteiger partial charge in [0.15, 0.2) is 0 Å². The van der Waals surface area contributed by atoms with E-state index in [1.807, 2.05) is 0 Å². The Morgan fingerprint density at radius 3 is 2.39 bits per heavy atom. The number of aliphatic carboxylic acids is 1. The van der Waals surface area contributed by atoms with Gasteiger partial charge in [0, 0.05) is 19.8 Å². The maximum absolute atomic E-state index is 11.4. The highest BCUT2D eigenvalue weighted by atomic mass is 16.5. The van der Waals surface area contributed by atoms with Crippen molar-refractivity contribution in [1.29, 1.82) is 0 Å². The first-order valence-electron chi connectivity index (χ1n) is 5.44. The Morgan fingerprint density at radius 1 is 1.33 bits per heavy atom. The second-order valence-corrected chi connectivity index (χ2v) is 3.86. The second kappa shape index (κ2) is 8.29. The first-order valence-corrected chi connectivity index (χ1v) is 5.44. The summed E-state index contributed by atoms with van der Waals surface area (Å²) >= 11 is 0. The Hall–Kier alpha value is -1.83.